The van der Waals surface area contributed by atoms with Crippen molar-refractivity contribution in [2.24, 2.45) is 5.10 Å². The van der Waals surface area contributed by atoms with Gasteiger partial charge in [-0.25, -0.2) is 5.01 Å². The minimum Gasteiger partial charge on any atom is -0.313 e. The zero-order valence-corrected chi connectivity index (χ0v) is 7.68. The van der Waals surface area contributed by atoms with E-state index in [4.69, 9.17) is 0 Å². The first-order valence-corrected chi connectivity index (χ1v) is 4.54. The Morgan fingerprint density at radius 1 is 1.27 bits per heavy atom. The second-order valence-electron chi connectivity index (χ2n) is 3.38. The van der Waals surface area contributed by atoms with Crippen molar-refractivity contribution in [3.05, 3.63) is 29.8 Å². The van der Waals surface area contributed by atoms with Crippen molar-refractivity contribution in [1.29, 1.82) is 0 Å². The number of nitrogens with zero attached hydrogens (tertiary/aromatic N) is 2. The van der Waals surface area contributed by atoms with Crippen molar-refractivity contribution in [3.63, 3.8) is 0 Å². The maximum atomic E-state index is 11.9. The molecule has 1 atom stereocenters. The number of hydrogen-bond donors (Lipinski definition) is 1. The summed E-state index contributed by atoms with van der Waals surface area (Å²) in [6.07, 6.45) is 1.30. The van der Waals surface area contributed by atoms with E-state index < -0.39 is 6.04 Å². The number of para-hydroxylation sites is 1. The van der Waals surface area contributed by atoms with Crippen LogP contribution in [0.4, 0.5) is 5.69 Å². The van der Waals surface area contributed by atoms with Gasteiger partial charge in [0.15, 0.2) is 11.8 Å². The van der Waals surface area contributed by atoms with Crippen molar-refractivity contribution in [1.82, 2.24) is 5.32 Å². The quantitative estimate of drug-likeness (QED) is 0.607. The fourth-order valence-corrected chi connectivity index (χ4v) is 1.87. The first-order valence-electron chi connectivity index (χ1n) is 4.54. The molecular weight excluding hydrogens is 194 g/mol. The van der Waals surface area contributed by atoms with Crippen LogP contribution in [0.1, 0.15) is 10.4 Å². The normalized spacial score (nSPS) is 22.4. The highest BCUT2D eigenvalue weighted by Crippen LogP contribution is 2.32. The number of carbonyl (C=O) groups is 2. The number of rotatable bonds is 0. The summed E-state index contributed by atoms with van der Waals surface area (Å²) in [6.45, 7) is 0. The van der Waals surface area contributed by atoms with E-state index in [2.05, 4.69) is 10.4 Å². The molecule has 5 heteroatoms. The molecule has 15 heavy (non-hydrogen) atoms. The van der Waals surface area contributed by atoms with Crippen molar-refractivity contribution in [2.75, 3.05) is 5.01 Å². The lowest BCUT2D eigenvalue weighted by Crippen LogP contribution is -2.49. The van der Waals surface area contributed by atoms with Gasteiger partial charge in [0.2, 0.25) is 0 Å². The molecule has 1 unspecified atom stereocenters. The Labute approximate surface area is 85.4 Å². The summed E-state index contributed by atoms with van der Waals surface area (Å²) >= 11 is 0. The minimum absolute atomic E-state index is 0.194. The first kappa shape index (κ1) is 8.16. The Hall–Kier alpha value is -2.17. The highest BCUT2D eigenvalue weighted by Gasteiger charge is 2.43. The molecule has 2 aliphatic heterocycles. The second kappa shape index (κ2) is 2.66. The van der Waals surface area contributed by atoms with Crippen LogP contribution in [0, 0.1) is 0 Å². The third-order valence-corrected chi connectivity index (χ3v) is 2.55. The summed E-state index contributed by atoms with van der Waals surface area (Å²) < 4.78 is 0. The maximum Gasteiger partial charge on any atom is 0.258 e. The summed E-state index contributed by atoms with van der Waals surface area (Å²) in [5.74, 6) is -0.522. The molecule has 1 amide bonds. The van der Waals surface area contributed by atoms with Crippen molar-refractivity contribution in [3.8, 4) is 0 Å². The predicted octanol–water partition coefficient (Wildman–Crippen LogP) is 0.131. The number of hydrogen-bond acceptors (Lipinski definition) is 4. The Morgan fingerprint density at radius 2 is 2.07 bits per heavy atom. The molecule has 2 aliphatic rings. The van der Waals surface area contributed by atoms with Gasteiger partial charge < -0.3 is 5.32 Å². The fourth-order valence-electron chi connectivity index (χ4n) is 1.87. The van der Waals surface area contributed by atoms with Gasteiger partial charge >= 0.3 is 0 Å². The SMILES string of the molecule is O=C1NC=NN2c3ccccc3C(=O)C12. The molecular formula is C10H7N3O2. The Bertz CT molecular complexity index is 495. The minimum atomic E-state index is -0.826. The van der Waals surface area contributed by atoms with Gasteiger partial charge in [0.1, 0.15) is 6.34 Å². The smallest absolute Gasteiger partial charge is 0.258 e. The number of hydrazone groups is 1. The van der Waals surface area contributed by atoms with Crippen LogP contribution in [0.15, 0.2) is 29.4 Å². The summed E-state index contributed by atoms with van der Waals surface area (Å²) in [7, 11) is 0. The zero-order valence-electron chi connectivity index (χ0n) is 7.68. The molecule has 0 aromatic heterocycles. The van der Waals surface area contributed by atoms with Crippen molar-refractivity contribution >= 4 is 23.7 Å². The van der Waals surface area contributed by atoms with Crippen LogP contribution in [0.25, 0.3) is 0 Å². The van der Waals surface area contributed by atoms with Crippen LogP contribution in [0.3, 0.4) is 0 Å². The molecule has 2 heterocycles. The van der Waals surface area contributed by atoms with Gasteiger partial charge in [-0.15, -0.1) is 0 Å². The molecule has 1 N–H and O–H groups in total. The second-order valence-corrected chi connectivity index (χ2v) is 3.38. The monoisotopic (exact) mass is 201 g/mol. The summed E-state index contributed by atoms with van der Waals surface area (Å²) in [4.78, 5) is 23.4. The molecule has 0 saturated carbocycles. The van der Waals surface area contributed by atoms with Crippen LogP contribution < -0.4 is 10.3 Å². The number of amides is 1. The predicted molar refractivity (Wildman–Crippen MR) is 53.7 cm³/mol. The molecule has 0 saturated heterocycles. The van der Waals surface area contributed by atoms with Crippen LogP contribution in [0.5, 0.6) is 0 Å². The van der Waals surface area contributed by atoms with Gasteiger partial charge in [-0.3, -0.25) is 9.59 Å². The molecule has 0 aliphatic carbocycles. The third-order valence-electron chi connectivity index (χ3n) is 2.55. The van der Waals surface area contributed by atoms with E-state index in [9.17, 15) is 9.59 Å². The van der Waals surface area contributed by atoms with Crippen LogP contribution in [-0.2, 0) is 4.79 Å². The zero-order chi connectivity index (χ0) is 10.4. The number of benzene rings is 1. The molecule has 3 rings (SSSR count). The van der Waals surface area contributed by atoms with E-state index in [1.807, 2.05) is 6.07 Å². The summed E-state index contributed by atoms with van der Waals surface area (Å²) in [6, 6.07) is 6.25. The molecule has 1 aromatic rings. The maximum absolute atomic E-state index is 11.9. The number of ketones is 1. The van der Waals surface area contributed by atoms with E-state index in [-0.39, 0.29) is 11.7 Å². The van der Waals surface area contributed by atoms with Crippen molar-refractivity contribution < 1.29 is 9.59 Å². The van der Waals surface area contributed by atoms with Crippen LogP contribution in [0.2, 0.25) is 0 Å². The average Bonchev–Trinajstić information content (AvgIpc) is 2.55. The van der Waals surface area contributed by atoms with Crippen LogP contribution >= 0.6 is 0 Å². The number of Topliss-reactive ketones (excluding diaryl/α,β-unsaturated/α-hetero) is 1. The van der Waals surface area contributed by atoms with Crippen LogP contribution in [-0.4, -0.2) is 24.1 Å². The van der Waals surface area contributed by atoms with E-state index in [0.717, 1.165) is 0 Å². The molecule has 0 fully saturated rings. The lowest BCUT2D eigenvalue weighted by molar-refractivity contribution is -0.120. The molecule has 5 nitrogen and oxygen atoms in total. The lowest BCUT2D eigenvalue weighted by Gasteiger charge is -2.22. The number of nitrogens with one attached hydrogen (secondary N) is 1. The van der Waals surface area contributed by atoms with E-state index >= 15 is 0 Å². The molecule has 0 bridgehead atoms. The highest BCUT2D eigenvalue weighted by atomic mass is 16.2. The number of carbonyl (C=O) groups excluding carboxylic acids is 2. The highest BCUT2D eigenvalue weighted by molar-refractivity contribution is 6.23. The largest absolute Gasteiger partial charge is 0.313 e. The first-order chi connectivity index (χ1) is 7.29. The van der Waals surface area contributed by atoms with E-state index in [0.29, 0.717) is 11.3 Å². The Balaban J connectivity index is 2.21. The van der Waals surface area contributed by atoms with Gasteiger partial charge in [-0.2, -0.15) is 5.10 Å². The molecule has 74 valence electrons. The van der Waals surface area contributed by atoms with E-state index in [1.54, 1.807) is 18.2 Å². The number of anilines is 1. The fraction of sp³-hybridized carbons (Fsp3) is 0.100. The van der Waals surface area contributed by atoms with Gasteiger partial charge in [0.25, 0.3) is 5.91 Å². The number of fused-ring (bicyclic) bond motifs is 3. The lowest BCUT2D eigenvalue weighted by atomic mass is 10.1. The topological polar surface area (TPSA) is 61.8 Å². The third kappa shape index (κ3) is 0.942. The summed E-state index contributed by atoms with van der Waals surface area (Å²) in [5, 5.41) is 7.87. The average molecular weight is 201 g/mol. The van der Waals surface area contributed by atoms with Gasteiger partial charge in [-0.05, 0) is 12.1 Å². The van der Waals surface area contributed by atoms with Gasteiger partial charge in [0, 0.05) is 5.56 Å². The Kier molecular flexibility index (Phi) is 1.45. The molecule has 1 aromatic carbocycles. The Morgan fingerprint density at radius 3 is 2.93 bits per heavy atom. The standard InChI is InChI=1S/C10H7N3O2/c14-9-6-3-1-2-4-7(6)13-8(9)10(15)11-5-12-13/h1-5,8H,(H,11,12,15). The molecule has 0 spiro atoms. The van der Waals surface area contributed by atoms with Gasteiger partial charge in [-0.1, -0.05) is 12.1 Å². The van der Waals surface area contributed by atoms with Gasteiger partial charge in [0.05, 0.1) is 5.69 Å². The molecule has 0 radical (unpaired) electrons. The summed E-state index contributed by atoms with van der Waals surface area (Å²) in [5.41, 5.74) is 1.25. The van der Waals surface area contributed by atoms with E-state index in [1.165, 1.54) is 11.3 Å². The van der Waals surface area contributed by atoms with Crippen molar-refractivity contribution in [2.45, 2.75) is 6.04 Å².